The first kappa shape index (κ1) is 20.5. The molecule has 0 saturated heterocycles. The van der Waals surface area contributed by atoms with Gasteiger partial charge in [0.25, 0.3) is 0 Å². The molecule has 4 aliphatic rings. The molecule has 0 unspecified atom stereocenters. The van der Waals surface area contributed by atoms with Crippen LogP contribution in [-0.2, 0) is 10.3 Å². The molecule has 4 heteroatoms. The van der Waals surface area contributed by atoms with Gasteiger partial charge in [0, 0.05) is 11.0 Å². The SMILES string of the molecule is C=CCO[C@@H]1C=C2CC[C@@H]3[C@H](CC[C@]4(C)[C@@](O)(c5ccoc5)CC[C@]34O)[C@@]2(C)CC1. The average Bonchev–Trinajstić information content (AvgIpc) is 3.34. The predicted octanol–water partition coefficient (Wildman–Crippen LogP) is 5.12. The molecule has 0 aliphatic heterocycles. The summed E-state index contributed by atoms with van der Waals surface area (Å²) >= 11 is 0. The van der Waals surface area contributed by atoms with Gasteiger partial charge >= 0.3 is 0 Å². The smallest absolute Gasteiger partial charge is 0.101 e. The van der Waals surface area contributed by atoms with Gasteiger partial charge in [0.15, 0.2) is 0 Å². The summed E-state index contributed by atoms with van der Waals surface area (Å²) in [4.78, 5) is 0. The van der Waals surface area contributed by atoms with Crippen LogP contribution in [0.2, 0.25) is 0 Å². The van der Waals surface area contributed by atoms with Crippen LogP contribution in [0.15, 0.2) is 47.3 Å². The van der Waals surface area contributed by atoms with E-state index in [-0.39, 0.29) is 17.4 Å². The quantitative estimate of drug-likeness (QED) is 0.674. The number of ether oxygens (including phenoxy) is 1. The zero-order valence-corrected chi connectivity index (χ0v) is 18.4. The van der Waals surface area contributed by atoms with E-state index in [1.54, 1.807) is 12.5 Å². The normalized spacial score (nSPS) is 47.7. The Kier molecular flexibility index (Phi) is 4.67. The fourth-order valence-corrected chi connectivity index (χ4v) is 7.97. The molecule has 0 spiro atoms. The molecule has 1 aromatic rings. The molecule has 2 N–H and O–H groups in total. The molecule has 3 saturated carbocycles. The fraction of sp³-hybridized carbons (Fsp3) is 0.692. The Bertz CT molecular complexity index is 843. The van der Waals surface area contributed by atoms with Gasteiger partial charge in [-0.1, -0.05) is 31.6 Å². The molecule has 7 atom stereocenters. The zero-order chi connectivity index (χ0) is 21.2. The van der Waals surface area contributed by atoms with E-state index < -0.39 is 16.6 Å². The Morgan fingerprint density at radius 1 is 1.13 bits per heavy atom. The number of hydrogen-bond acceptors (Lipinski definition) is 4. The molecule has 0 amide bonds. The second-order valence-corrected chi connectivity index (χ2v) is 10.7. The Labute approximate surface area is 180 Å². The maximum absolute atomic E-state index is 12.2. The summed E-state index contributed by atoms with van der Waals surface area (Å²) in [6.45, 7) is 8.91. The van der Waals surface area contributed by atoms with E-state index in [0.717, 1.165) is 44.1 Å². The molecule has 0 radical (unpaired) electrons. The largest absolute Gasteiger partial charge is 0.472 e. The number of furan rings is 1. The highest BCUT2D eigenvalue weighted by Gasteiger charge is 2.71. The highest BCUT2D eigenvalue weighted by Crippen LogP contribution is 2.71. The van der Waals surface area contributed by atoms with Crippen LogP contribution in [0.3, 0.4) is 0 Å². The lowest BCUT2D eigenvalue weighted by atomic mass is 9.44. The van der Waals surface area contributed by atoms with Crippen molar-refractivity contribution in [3.8, 4) is 0 Å². The molecule has 0 bridgehead atoms. The molecule has 1 aromatic heterocycles. The summed E-state index contributed by atoms with van der Waals surface area (Å²) in [6, 6.07) is 1.87. The third-order valence-corrected chi connectivity index (χ3v) is 9.83. The first-order valence-corrected chi connectivity index (χ1v) is 11.7. The van der Waals surface area contributed by atoms with E-state index in [1.165, 1.54) is 5.57 Å². The van der Waals surface area contributed by atoms with Gasteiger partial charge in [0.05, 0.1) is 30.8 Å². The average molecular weight is 413 g/mol. The number of hydrogen-bond donors (Lipinski definition) is 2. The number of fused-ring (bicyclic) bond motifs is 5. The van der Waals surface area contributed by atoms with Crippen LogP contribution >= 0.6 is 0 Å². The van der Waals surface area contributed by atoms with Crippen molar-refractivity contribution in [2.75, 3.05) is 6.61 Å². The van der Waals surface area contributed by atoms with Crippen LogP contribution in [0.5, 0.6) is 0 Å². The van der Waals surface area contributed by atoms with Gasteiger partial charge in [-0.2, -0.15) is 0 Å². The third-order valence-electron chi connectivity index (χ3n) is 9.83. The topological polar surface area (TPSA) is 62.8 Å². The summed E-state index contributed by atoms with van der Waals surface area (Å²) < 4.78 is 11.3. The minimum atomic E-state index is -1.02. The maximum Gasteiger partial charge on any atom is 0.101 e. The number of allylic oxidation sites excluding steroid dienone is 1. The van der Waals surface area contributed by atoms with Gasteiger partial charge in [-0.3, -0.25) is 0 Å². The van der Waals surface area contributed by atoms with Crippen molar-refractivity contribution in [1.29, 1.82) is 0 Å². The minimum Gasteiger partial charge on any atom is -0.472 e. The van der Waals surface area contributed by atoms with Gasteiger partial charge in [0.2, 0.25) is 0 Å². The van der Waals surface area contributed by atoms with E-state index in [9.17, 15) is 10.2 Å². The predicted molar refractivity (Wildman–Crippen MR) is 116 cm³/mol. The van der Waals surface area contributed by atoms with E-state index in [0.29, 0.717) is 25.4 Å². The molecule has 30 heavy (non-hydrogen) atoms. The number of aliphatic hydroxyl groups is 2. The first-order valence-electron chi connectivity index (χ1n) is 11.7. The summed E-state index contributed by atoms with van der Waals surface area (Å²) in [5.41, 5.74) is 0.0674. The van der Waals surface area contributed by atoms with Gasteiger partial charge in [-0.15, -0.1) is 6.58 Å². The van der Waals surface area contributed by atoms with Gasteiger partial charge in [-0.25, -0.2) is 0 Å². The molecule has 4 nitrogen and oxygen atoms in total. The Morgan fingerprint density at radius 2 is 1.97 bits per heavy atom. The molecule has 3 fully saturated rings. The molecular weight excluding hydrogens is 376 g/mol. The van der Waals surface area contributed by atoms with Gasteiger partial charge in [-0.05, 0) is 74.7 Å². The van der Waals surface area contributed by atoms with Crippen LogP contribution in [0, 0.1) is 22.7 Å². The second kappa shape index (κ2) is 6.82. The maximum atomic E-state index is 12.2. The summed E-state index contributed by atoms with van der Waals surface area (Å²) in [5.74, 6) is 0.688. The Balaban J connectivity index is 1.47. The molecule has 5 rings (SSSR count). The molecular formula is C26H36O4. The summed E-state index contributed by atoms with van der Waals surface area (Å²) in [6.07, 6.45) is 15.0. The number of rotatable bonds is 4. The van der Waals surface area contributed by atoms with Crippen molar-refractivity contribution >= 4 is 0 Å². The highest BCUT2D eigenvalue weighted by molar-refractivity contribution is 5.33. The molecule has 164 valence electrons. The second-order valence-electron chi connectivity index (χ2n) is 10.7. The Hall–Kier alpha value is -1.36. The Morgan fingerprint density at radius 3 is 2.70 bits per heavy atom. The molecule has 4 aliphatic carbocycles. The minimum absolute atomic E-state index is 0.129. The van der Waals surface area contributed by atoms with E-state index >= 15 is 0 Å². The fourth-order valence-electron chi connectivity index (χ4n) is 7.97. The lowest BCUT2D eigenvalue weighted by Gasteiger charge is -2.62. The monoisotopic (exact) mass is 412 g/mol. The van der Waals surface area contributed by atoms with Crippen molar-refractivity contribution < 1.29 is 19.4 Å². The van der Waals surface area contributed by atoms with Crippen LogP contribution in [0.1, 0.15) is 70.8 Å². The third kappa shape index (κ3) is 2.50. The lowest BCUT2D eigenvalue weighted by Crippen LogP contribution is -2.63. The van der Waals surface area contributed by atoms with Crippen LogP contribution in [-0.4, -0.2) is 28.5 Å². The van der Waals surface area contributed by atoms with Crippen molar-refractivity contribution in [3.05, 3.63) is 48.5 Å². The van der Waals surface area contributed by atoms with E-state index in [2.05, 4.69) is 26.5 Å². The molecule has 1 heterocycles. The van der Waals surface area contributed by atoms with Crippen molar-refractivity contribution in [2.45, 2.75) is 82.5 Å². The van der Waals surface area contributed by atoms with Gasteiger partial charge in [0.1, 0.15) is 5.60 Å². The van der Waals surface area contributed by atoms with E-state index in [4.69, 9.17) is 9.15 Å². The van der Waals surface area contributed by atoms with Crippen LogP contribution in [0.25, 0.3) is 0 Å². The van der Waals surface area contributed by atoms with Gasteiger partial charge < -0.3 is 19.4 Å². The van der Waals surface area contributed by atoms with Crippen molar-refractivity contribution in [1.82, 2.24) is 0 Å². The van der Waals surface area contributed by atoms with Crippen molar-refractivity contribution in [3.63, 3.8) is 0 Å². The van der Waals surface area contributed by atoms with E-state index in [1.807, 2.05) is 12.1 Å². The standard InChI is InChI=1S/C26H36O4/c1-4-14-30-20-7-10-23(2)18(16-20)5-6-22-21(23)8-11-24(3)25(27,12-13-26(22,24)28)19-9-15-29-17-19/h4,9,15-17,20-22,27-28H,1,5-8,10-14H2,2-3H3/t20-,21-,22+,23-,24+,25-,26-/m0/s1. The molecule has 0 aromatic carbocycles. The van der Waals surface area contributed by atoms with Crippen LogP contribution < -0.4 is 0 Å². The lowest BCUT2D eigenvalue weighted by molar-refractivity contribution is -0.222. The zero-order valence-electron chi connectivity index (χ0n) is 18.4. The summed E-state index contributed by atoms with van der Waals surface area (Å²) in [5, 5.41) is 24.0. The van der Waals surface area contributed by atoms with Crippen LogP contribution in [0.4, 0.5) is 0 Å². The summed E-state index contributed by atoms with van der Waals surface area (Å²) in [7, 11) is 0. The van der Waals surface area contributed by atoms with Crippen molar-refractivity contribution in [2.24, 2.45) is 22.7 Å². The highest BCUT2D eigenvalue weighted by atomic mass is 16.5. The first-order chi connectivity index (χ1) is 14.3.